The SMILES string of the molecule is CCNC(=NCCc1nc(C)no1)NC1CCCC1. The molecule has 1 saturated carbocycles. The summed E-state index contributed by atoms with van der Waals surface area (Å²) in [5, 5.41) is 10.5. The quantitative estimate of drug-likeness (QED) is 0.622. The van der Waals surface area contributed by atoms with Gasteiger partial charge in [-0.1, -0.05) is 18.0 Å². The van der Waals surface area contributed by atoms with Gasteiger partial charge in [0.2, 0.25) is 5.89 Å². The van der Waals surface area contributed by atoms with Gasteiger partial charge in [0, 0.05) is 19.0 Å². The maximum absolute atomic E-state index is 5.07. The average molecular weight is 265 g/mol. The van der Waals surface area contributed by atoms with Crippen molar-refractivity contribution < 1.29 is 4.52 Å². The molecule has 19 heavy (non-hydrogen) atoms. The molecule has 0 bridgehead atoms. The Hall–Kier alpha value is -1.59. The highest BCUT2D eigenvalue weighted by Gasteiger charge is 2.15. The Kier molecular flexibility index (Phi) is 5.18. The first-order chi connectivity index (χ1) is 9.28. The first-order valence-electron chi connectivity index (χ1n) is 7.12. The molecule has 0 saturated heterocycles. The molecule has 2 rings (SSSR count). The molecule has 0 unspecified atom stereocenters. The molecule has 1 aromatic heterocycles. The molecule has 1 heterocycles. The molecule has 106 valence electrons. The summed E-state index contributed by atoms with van der Waals surface area (Å²) in [7, 11) is 0. The topological polar surface area (TPSA) is 75.3 Å². The lowest BCUT2D eigenvalue weighted by molar-refractivity contribution is 0.376. The van der Waals surface area contributed by atoms with Crippen molar-refractivity contribution in [3.8, 4) is 0 Å². The second-order valence-electron chi connectivity index (χ2n) is 4.87. The summed E-state index contributed by atoms with van der Waals surface area (Å²) in [5.41, 5.74) is 0. The Morgan fingerprint density at radius 3 is 2.84 bits per heavy atom. The number of aromatic nitrogens is 2. The molecule has 1 aliphatic rings. The molecule has 0 amide bonds. The van der Waals surface area contributed by atoms with Gasteiger partial charge in [-0.3, -0.25) is 4.99 Å². The minimum Gasteiger partial charge on any atom is -0.357 e. The van der Waals surface area contributed by atoms with Gasteiger partial charge in [0.05, 0.1) is 6.54 Å². The van der Waals surface area contributed by atoms with Crippen LogP contribution in [0.2, 0.25) is 0 Å². The molecule has 6 heteroatoms. The Morgan fingerprint density at radius 2 is 2.21 bits per heavy atom. The monoisotopic (exact) mass is 265 g/mol. The smallest absolute Gasteiger partial charge is 0.228 e. The summed E-state index contributed by atoms with van der Waals surface area (Å²) >= 11 is 0. The average Bonchev–Trinajstić information content (AvgIpc) is 3.01. The first kappa shape index (κ1) is 13.8. The van der Waals surface area contributed by atoms with E-state index in [0.29, 0.717) is 30.7 Å². The Labute approximate surface area is 114 Å². The second kappa shape index (κ2) is 7.11. The van der Waals surface area contributed by atoms with Gasteiger partial charge >= 0.3 is 0 Å². The van der Waals surface area contributed by atoms with Crippen molar-refractivity contribution in [2.45, 2.75) is 52.0 Å². The van der Waals surface area contributed by atoms with E-state index in [0.717, 1.165) is 12.5 Å². The van der Waals surface area contributed by atoms with Crippen LogP contribution < -0.4 is 10.6 Å². The molecule has 0 radical (unpaired) electrons. The number of rotatable bonds is 5. The van der Waals surface area contributed by atoms with Crippen molar-refractivity contribution in [2.24, 2.45) is 4.99 Å². The summed E-state index contributed by atoms with van der Waals surface area (Å²) < 4.78 is 5.07. The van der Waals surface area contributed by atoms with Crippen molar-refractivity contribution in [1.29, 1.82) is 0 Å². The fourth-order valence-corrected chi connectivity index (χ4v) is 2.29. The standard InChI is InChI=1S/C13H23N5O/c1-3-14-13(17-11-6-4-5-7-11)15-9-8-12-16-10(2)18-19-12/h11H,3-9H2,1-2H3,(H2,14,15,17). The molecule has 0 atom stereocenters. The predicted molar refractivity (Wildman–Crippen MR) is 74.1 cm³/mol. The van der Waals surface area contributed by atoms with Crippen LogP contribution in [0.15, 0.2) is 9.52 Å². The molecule has 1 aromatic rings. The molecule has 1 fully saturated rings. The van der Waals surface area contributed by atoms with E-state index in [9.17, 15) is 0 Å². The second-order valence-corrected chi connectivity index (χ2v) is 4.87. The third-order valence-electron chi connectivity index (χ3n) is 3.21. The van der Waals surface area contributed by atoms with Crippen LogP contribution in [0.25, 0.3) is 0 Å². The first-order valence-corrected chi connectivity index (χ1v) is 7.12. The van der Waals surface area contributed by atoms with E-state index in [-0.39, 0.29) is 0 Å². The summed E-state index contributed by atoms with van der Waals surface area (Å²) in [4.78, 5) is 8.72. The van der Waals surface area contributed by atoms with Crippen LogP contribution in [0.1, 0.15) is 44.3 Å². The van der Waals surface area contributed by atoms with E-state index in [1.54, 1.807) is 0 Å². The number of hydrogen-bond donors (Lipinski definition) is 2. The summed E-state index contributed by atoms with van der Waals surface area (Å²) in [5.74, 6) is 2.22. The highest BCUT2D eigenvalue weighted by atomic mass is 16.5. The zero-order valence-corrected chi connectivity index (χ0v) is 11.8. The zero-order chi connectivity index (χ0) is 13.5. The molecule has 2 N–H and O–H groups in total. The maximum atomic E-state index is 5.07. The molecule has 0 spiro atoms. The lowest BCUT2D eigenvalue weighted by atomic mass is 10.2. The summed E-state index contributed by atoms with van der Waals surface area (Å²) in [6, 6.07) is 0.573. The fraction of sp³-hybridized carbons (Fsp3) is 0.769. The third kappa shape index (κ3) is 4.54. The highest BCUT2D eigenvalue weighted by Crippen LogP contribution is 2.17. The number of guanidine groups is 1. The van der Waals surface area contributed by atoms with Gasteiger partial charge < -0.3 is 15.2 Å². The summed E-state index contributed by atoms with van der Waals surface area (Å²) in [6.07, 6.45) is 5.80. The van der Waals surface area contributed by atoms with Crippen molar-refractivity contribution in [3.05, 3.63) is 11.7 Å². The van der Waals surface area contributed by atoms with Crippen LogP contribution in [-0.4, -0.2) is 35.2 Å². The number of nitrogens with zero attached hydrogens (tertiary/aromatic N) is 3. The molecule has 6 nitrogen and oxygen atoms in total. The summed E-state index contributed by atoms with van der Waals surface area (Å²) in [6.45, 7) is 5.43. The molecular formula is C13H23N5O. The normalized spacial score (nSPS) is 16.8. The molecular weight excluding hydrogens is 242 g/mol. The Bertz CT molecular complexity index is 409. The zero-order valence-electron chi connectivity index (χ0n) is 11.8. The van der Waals surface area contributed by atoms with E-state index in [2.05, 4.69) is 32.7 Å². The maximum Gasteiger partial charge on any atom is 0.228 e. The van der Waals surface area contributed by atoms with Crippen LogP contribution in [-0.2, 0) is 6.42 Å². The van der Waals surface area contributed by atoms with Crippen molar-refractivity contribution >= 4 is 5.96 Å². The third-order valence-corrected chi connectivity index (χ3v) is 3.21. The Morgan fingerprint density at radius 1 is 1.42 bits per heavy atom. The van der Waals surface area contributed by atoms with E-state index < -0.39 is 0 Å². The van der Waals surface area contributed by atoms with Gasteiger partial charge in [-0.15, -0.1) is 0 Å². The lowest BCUT2D eigenvalue weighted by Crippen LogP contribution is -2.42. The van der Waals surface area contributed by atoms with Gasteiger partial charge in [-0.2, -0.15) is 4.98 Å². The van der Waals surface area contributed by atoms with Crippen LogP contribution in [0.3, 0.4) is 0 Å². The predicted octanol–water partition coefficient (Wildman–Crippen LogP) is 1.42. The van der Waals surface area contributed by atoms with Crippen LogP contribution in [0, 0.1) is 6.92 Å². The van der Waals surface area contributed by atoms with Crippen molar-refractivity contribution in [1.82, 2.24) is 20.8 Å². The van der Waals surface area contributed by atoms with Crippen LogP contribution in [0.5, 0.6) is 0 Å². The number of aryl methyl sites for hydroxylation is 1. The van der Waals surface area contributed by atoms with Gasteiger partial charge in [-0.05, 0) is 26.7 Å². The van der Waals surface area contributed by atoms with E-state index >= 15 is 0 Å². The van der Waals surface area contributed by atoms with Crippen molar-refractivity contribution in [2.75, 3.05) is 13.1 Å². The molecule has 1 aliphatic carbocycles. The number of hydrogen-bond acceptors (Lipinski definition) is 4. The highest BCUT2D eigenvalue weighted by molar-refractivity contribution is 5.80. The molecule has 0 aliphatic heterocycles. The van der Waals surface area contributed by atoms with E-state index in [4.69, 9.17) is 4.52 Å². The van der Waals surface area contributed by atoms with Crippen LogP contribution in [0.4, 0.5) is 0 Å². The van der Waals surface area contributed by atoms with Gasteiger partial charge in [0.15, 0.2) is 11.8 Å². The molecule has 0 aromatic carbocycles. The van der Waals surface area contributed by atoms with Gasteiger partial charge in [-0.25, -0.2) is 0 Å². The fourth-order valence-electron chi connectivity index (χ4n) is 2.29. The minimum atomic E-state index is 0.573. The van der Waals surface area contributed by atoms with Gasteiger partial charge in [0.1, 0.15) is 0 Å². The Balaban J connectivity index is 1.81. The lowest BCUT2D eigenvalue weighted by Gasteiger charge is -2.16. The van der Waals surface area contributed by atoms with Crippen molar-refractivity contribution in [3.63, 3.8) is 0 Å². The number of aliphatic imine (C=N–C) groups is 1. The van der Waals surface area contributed by atoms with Crippen LogP contribution >= 0.6 is 0 Å². The largest absolute Gasteiger partial charge is 0.357 e. The van der Waals surface area contributed by atoms with E-state index in [1.807, 2.05) is 6.92 Å². The van der Waals surface area contributed by atoms with E-state index in [1.165, 1.54) is 25.7 Å². The minimum absolute atomic E-state index is 0.573. The number of nitrogens with one attached hydrogen (secondary N) is 2. The van der Waals surface area contributed by atoms with Gasteiger partial charge in [0.25, 0.3) is 0 Å².